The summed E-state index contributed by atoms with van der Waals surface area (Å²) in [5, 5.41) is 3.22. The third kappa shape index (κ3) is 2.88. The summed E-state index contributed by atoms with van der Waals surface area (Å²) in [5.74, 6) is 2.24. The van der Waals surface area contributed by atoms with Gasteiger partial charge in [0.15, 0.2) is 0 Å². The fourth-order valence-electron chi connectivity index (χ4n) is 2.04. The van der Waals surface area contributed by atoms with Crippen molar-refractivity contribution in [1.29, 1.82) is 0 Å². The van der Waals surface area contributed by atoms with Crippen LogP contribution in [0.15, 0.2) is 30.6 Å². The lowest BCUT2D eigenvalue weighted by Gasteiger charge is -2.19. The van der Waals surface area contributed by atoms with E-state index in [0.717, 1.165) is 22.6 Å². The van der Waals surface area contributed by atoms with Crippen LogP contribution in [0.5, 0.6) is 11.5 Å². The molecule has 0 saturated heterocycles. The molecule has 0 fully saturated rings. The van der Waals surface area contributed by atoms with E-state index in [4.69, 9.17) is 9.47 Å². The number of aryl methyl sites for hydroxylation is 1. The van der Waals surface area contributed by atoms with Crippen LogP contribution in [0.1, 0.15) is 23.0 Å². The van der Waals surface area contributed by atoms with Crippen molar-refractivity contribution >= 4 is 0 Å². The summed E-state index contributed by atoms with van der Waals surface area (Å²) in [5.41, 5.74) is 1.97. The van der Waals surface area contributed by atoms with Gasteiger partial charge >= 0.3 is 0 Å². The standard InChI is InChI=1S/C15H19N3O2/c1-10-8-17-15(18-9-10)14(16-2)12-7-11(19-3)5-6-13(12)20-4/h5-9,14,16H,1-4H3. The third-order valence-corrected chi connectivity index (χ3v) is 3.10. The largest absolute Gasteiger partial charge is 0.497 e. The Morgan fingerprint density at radius 2 is 1.80 bits per heavy atom. The molecule has 1 aromatic heterocycles. The van der Waals surface area contributed by atoms with Crippen LogP contribution in [0.2, 0.25) is 0 Å². The normalized spacial score (nSPS) is 12.0. The number of aromatic nitrogens is 2. The molecule has 0 saturated carbocycles. The Morgan fingerprint density at radius 3 is 2.35 bits per heavy atom. The molecular weight excluding hydrogens is 254 g/mol. The molecule has 106 valence electrons. The van der Waals surface area contributed by atoms with E-state index in [1.54, 1.807) is 26.6 Å². The molecule has 0 aliphatic rings. The lowest BCUT2D eigenvalue weighted by molar-refractivity contribution is 0.394. The summed E-state index contributed by atoms with van der Waals surface area (Å²) in [7, 11) is 5.16. The Morgan fingerprint density at radius 1 is 1.10 bits per heavy atom. The smallest absolute Gasteiger partial charge is 0.149 e. The van der Waals surface area contributed by atoms with Gasteiger partial charge in [-0.05, 0) is 37.7 Å². The first-order chi connectivity index (χ1) is 9.69. The number of nitrogens with one attached hydrogen (secondary N) is 1. The molecule has 20 heavy (non-hydrogen) atoms. The Labute approximate surface area is 119 Å². The van der Waals surface area contributed by atoms with Gasteiger partial charge in [-0.15, -0.1) is 0 Å². The Hall–Kier alpha value is -2.14. The van der Waals surface area contributed by atoms with Gasteiger partial charge in [-0.1, -0.05) is 0 Å². The minimum atomic E-state index is -0.152. The van der Waals surface area contributed by atoms with Gasteiger partial charge in [0.1, 0.15) is 17.3 Å². The summed E-state index contributed by atoms with van der Waals surface area (Å²) in [6.07, 6.45) is 3.61. The number of benzene rings is 1. The van der Waals surface area contributed by atoms with Crippen LogP contribution in [0, 0.1) is 6.92 Å². The number of rotatable bonds is 5. The molecule has 5 heteroatoms. The van der Waals surface area contributed by atoms with Crippen molar-refractivity contribution in [3.8, 4) is 11.5 Å². The summed E-state index contributed by atoms with van der Waals surface area (Å²) < 4.78 is 10.7. The summed E-state index contributed by atoms with van der Waals surface area (Å²) in [6, 6.07) is 5.53. The molecule has 1 aromatic carbocycles. The molecule has 5 nitrogen and oxygen atoms in total. The quantitative estimate of drug-likeness (QED) is 0.904. The molecule has 0 aliphatic heterocycles. The topological polar surface area (TPSA) is 56.3 Å². The van der Waals surface area contributed by atoms with Gasteiger partial charge in [-0.3, -0.25) is 0 Å². The first-order valence-corrected chi connectivity index (χ1v) is 6.37. The van der Waals surface area contributed by atoms with Crippen molar-refractivity contribution in [3.05, 3.63) is 47.5 Å². The van der Waals surface area contributed by atoms with Gasteiger partial charge in [-0.2, -0.15) is 0 Å². The van der Waals surface area contributed by atoms with Crippen LogP contribution in [0.25, 0.3) is 0 Å². The molecule has 1 unspecified atom stereocenters. The van der Waals surface area contributed by atoms with E-state index < -0.39 is 0 Å². The zero-order chi connectivity index (χ0) is 14.5. The number of methoxy groups -OCH3 is 2. The monoisotopic (exact) mass is 273 g/mol. The zero-order valence-corrected chi connectivity index (χ0v) is 12.2. The average molecular weight is 273 g/mol. The number of ether oxygens (including phenoxy) is 2. The molecular formula is C15H19N3O2. The predicted octanol–water partition coefficient (Wildman–Crippen LogP) is 2.11. The Kier molecular flexibility index (Phi) is 4.53. The molecule has 0 bridgehead atoms. The highest BCUT2D eigenvalue weighted by Gasteiger charge is 2.19. The Balaban J connectivity index is 2.47. The highest BCUT2D eigenvalue weighted by molar-refractivity contribution is 5.44. The molecule has 1 heterocycles. The first kappa shape index (κ1) is 14.3. The number of nitrogens with zero attached hydrogens (tertiary/aromatic N) is 2. The summed E-state index contributed by atoms with van der Waals surface area (Å²) >= 11 is 0. The van der Waals surface area contributed by atoms with Crippen LogP contribution in [-0.4, -0.2) is 31.2 Å². The fourth-order valence-corrected chi connectivity index (χ4v) is 2.04. The van der Waals surface area contributed by atoms with E-state index >= 15 is 0 Å². The maximum atomic E-state index is 5.42. The van der Waals surface area contributed by atoms with Crippen molar-refractivity contribution in [3.63, 3.8) is 0 Å². The zero-order valence-electron chi connectivity index (χ0n) is 12.2. The second-order valence-electron chi connectivity index (χ2n) is 4.45. The maximum absolute atomic E-state index is 5.42. The maximum Gasteiger partial charge on any atom is 0.149 e. The van der Waals surface area contributed by atoms with Crippen molar-refractivity contribution in [2.24, 2.45) is 0 Å². The van der Waals surface area contributed by atoms with E-state index in [2.05, 4.69) is 15.3 Å². The van der Waals surface area contributed by atoms with Crippen LogP contribution in [0.3, 0.4) is 0 Å². The van der Waals surface area contributed by atoms with E-state index in [0.29, 0.717) is 5.82 Å². The first-order valence-electron chi connectivity index (χ1n) is 6.37. The van der Waals surface area contributed by atoms with Gasteiger partial charge in [0.2, 0.25) is 0 Å². The van der Waals surface area contributed by atoms with Gasteiger partial charge in [0.25, 0.3) is 0 Å². The van der Waals surface area contributed by atoms with E-state index in [1.807, 2.05) is 32.2 Å². The fraction of sp³-hybridized carbons (Fsp3) is 0.333. The van der Waals surface area contributed by atoms with Crippen molar-refractivity contribution in [2.75, 3.05) is 21.3 Å². The third-order valence-electron chi connectivity index (χ3n) is 3.10. The van der Waals surface area contributed by atoms with E-state index in [1.165, 1.54) is 0 Å². The second-order valence-corrected chi connectivity index (χ2v) is 4.45. The van der Waals surface area contributed by atoms with Gasteiger partial charge in [0.05, 0.1) is 20.3 Å². The minimum absolute atomic E-state index is 0.152. The van der Waals surface area contributed by atoms with E-state index in [-0.39, 0.29) is 6.04 Å². The molecule has 1 N–H and O–H groups in total. The van der Waals surface area contributed by atoms with Crippen LogP contribution < -0.4 is 14.8 Å². The molecule has 0 aliphatic carbocycles. The predicted molar refractivity (Wildman–Crippen MR) is 77.2 cm³/mol. The number of hydrogen-bond donors (Lipinski definition) is 1. The molecule has 1 atom stereocenters. The summed E-state index contributed by atoms with van der Waals surface area (Å²) in [4.78, 5) is 8.77. The average Bonchev–Trinajstić information content (AvgIpc) is 2.49. The highest BCUT2D eigenvalue weighted by Crippen LogP contribution is 2.31. The highest BCUT2D eigenvalue weighted by atomic mass is 16.5. The molecule has 0 spiro atoms. The lowest BCUT2D eigenvalue weighted by Crippen LogP contribution is -2.21. The molecule has 0 radical (unpaired) electrons. The lowest BCUT2D eigenvalue weighted by atomic mass is 10.0. The Bertz CT molecular complexity index is 570. The van der Waals surface area contributed by atoms with Crippen LogP contribution in [-0.2, 0) is 0 Å². The van der Waals surface area contributed by atoms with Crippen LogP contribution in [0.4, 0.5) is 0 Å². The molecule has 2 rings (SSSR count). The molecule has 2 aromatic rings. The second kappa shape index (κ2) is 6.34. The van der Waals surface area contributed by atoms with Crippen molar-refractivity contribution < 1.29 is 9.47 Å². The number of hydrogen-bond acceptors (Lipinski definition) is 5. The van der Waals surface area contributed by atoms with Gasteiger partial charge in [-0.25, -0.2) is 9.97 Å². The van der Waals surface area contributed by atoms with Crippen molar-refractivity contribution in [1.82, 2.24) is 15.3 Å². The van der Waals surface area contributed by atoms with E-state index in [9.17, 15) is 0 Å². The van der Waals surface area contributed by atoms with Crippen molar-refractivity contribution in [2.45, 2.75) is 13.0 Å². The minimum Gasteiger partial charge on any atom is -0.497 e. The molecule has 0 amide bonds. The SMILES string of the molecule is CNC(c1ncc(C)cn1)c1cc(OC)ccc1OC. The van der Waals surface area contributed by atoms with Gasteiger partial charge < -0.3 is 14.8 Å². The summed E-state index contributed by atoms with van der Waals surface area (Å²) in [6.45, 7) is 1.96. The van der Waals surface area contributed by atoms with Gasteiger partial charge in [0, 0.05) is 18.0 Å². The van der Waals surface area contributed by atoms with Crippen LogP contribution >= 0.6 is 0 Å².